The van der Waals surface area contributed by atoms with Crippen LogP contribution < -0.4 is 0 Å². The Morgan fingerprint density at radius 2 is 2.11 bits per heavy atom. The lowest BCUT2D eigenvalue weighted by Gasteiger charge is -1.96. The molecule has 0 spiro atoms. The molecule has 3 heteroatoms. The number of hydrogen-bond acceptors (Lipinski definition) is 3. The molecule has 0 aromatic heterocycles. The highest BCUT2D eigenvalue weighted by Crippen LogP contribution is 1.94. The van der Waals surface area contributed by atoms with Crippen LogP contribution in [0.1, 0.15) is 13.8 Å². The summed E-state index contributed by atoms with van der Waals surface area (Å²) in [5.41, 5.74) is 0.539. The van der Waals surface area contributed by atoms with E-state index < -0.39 is 5.97 Å². The number of carbonyl (C=O) groups is 1. The van der Waals surface area contributed by atoms with Gasteiger partial charge in [0, 0.05) is 5.57 Å². The molecule has 0 saturated heterocycles. The minimum absolute atomic E-state index is 0.444. The van der Waals surface area contributed by atoms with Gasteiger partial charge in [-0.15, -0.1) is 0 Å². The Hall–Kier alpha value is -0.830. The van der Waals surface area contributed by atoms with Gasteiger partial charge >= 0.3 is 5.97 Å². The average molecular weight is 130 g/mol. The summed E-state index contributed by atoms with van der Waals surface area (Å²) in [6, 6.07) is 0. The van der Waals surface area contributed by atoms with Gasteiger partial charge in [0.05, 0.1) is 7.11 Å². The van der Waals surface area contributed by atoms with Crippen molar-refractivity contribution < 1.29 is 14.6 Å². The summed E-state index contributed by atoms with van der Waals surface area (Å²) in [5, 5.41) is 0. The molecule has 0 aliphatic carbocycles. The number of rotatable bonds is 2. The summed E-state index contributed by atoms with van der Waals surface area (Å²) < 4.78 is 0. The average Bonchev–Trinajstić information content (AvgIpc) is 1.87. The van der Waals surface area contributed by atoms with Crippen LogP contribution in [-0.4, -0.2) is 13.1 Å². The van der Waals surface area contributed by atoms with Crippen LogP contribution in [0.25, 0.3) is 0 Å². The highest BCUT2D eigenvalue weighted by Gasteiger charge is 2.02. The predicted octanol–water partition coefficient (Wildman–Crippen LogP) is 1.06. The fourth-order valence-electron chi connectivity index (χ4n) is 0.259. The molecule has 52 valence electrons. The van der Waals surface area contributed by atoms with E-state index in [0.29, 0.717) is 5.57 Å². The largest absolute Gasteiger partial charge is 0.368 e. The van der Waals surface area contributed by atoms with Crippen molar-refractivity contribution in [3.05, 3.63) is 11.6 Å². The van der Waals surface area contributed by atoms with Crippen LogP contribution in [0.2, 0.25) is 0 Å². The molecule has 0 aromatic rings. The molecule has 0 rings (SSSR count). The van der Waals surface area contributed by atoms with Gasteiger partial charge in [0.1, 0.15) is 0 Å². The maximum Gasteiger partial charge on any atom is 0.368 e. The molecule has 0 fully saturated rings. The van der Waals surface area contributed by atoms with Gasteiger partial charge < -0.3 is 0 Å². The van der Waals surface area contributed by atoms with Crippen molar-refractivity contribution in [1.29, 1.82) is 0 Å². The minimum atomic E-state index is -0.444. The summed E-state index contributed by atoms with van der Waals surface area (Å²) in [4.78, 5) is 18.9. The van der Waals surface area contributed by atoms with Crippen LogP contribution in [-0.2, 0) is 14.6 Å². The zero-order chi connectivity index (χ0) is 7.28. The summed E-state index contributed by atoms with van der Waals surface area (Å²) in [6.45, 7) is 3.41. The van der Waals surface area contributed by atoms with Crippen LogP contribution in [0.4, 0.5) is 0 Å². The van der Waals surface area contributed by atoms with Gasteiger partial charge in [-0.05, 0) is 13.8 Å². The van der Waals surface area contributed by atoms with Crippen molar-refractivity contribution in [3.63, 3.8) is 0 Å². The maximum atomic E-state index is 10.6. The summed E-state index contributed by atoms with van der Waals surface area (Å²) >= 11 is 0. The lowest BCUT2D eigenvalue weighted by atomic mass is 10.3. The Balaban J connectivity index is 3.74. The molecule has 0 N–H and O–H groups in total. The lowest BCUT2D eigenvalue weighted by molar-refractivity contribution is -0.250. The second kappa shape index (κ2) is 4.09. The maximum absolute atomic E-state index is 10.6. The van der Waals surface area contributed by atoms with E-state index in [1.165, 1.54) is 7.11 Å². The Kier molecular flexibility index (Phi) is 3.71. The fraction of sp³-hybridized carbons (Fsp3) is 0.500. The zero-order valence-electron chi connectivity index (χ0n) is 5.80. The topological polar surface area (TPSA) is 35.5 Å². The van der Waals surface area contributed by atoms with Gasteiger partial charge in [-0.1, -0.05) is 6.08 Å². The van der Waals surface area contributed by atoms with Crippen molar-refractivity contribution in [2.75, 3.05) is 7.11 Å². The van der Waals surface area contributed by atoms with E-state index in [2.05, 4.69) is 9.78 Å². The third kappa shape index (κ3) is 2.87. The Labute approximate surface area is 54.2 Å². The molecule has 9 heavy (non-hydrogen) atoms. The van der Waals surface area contributed by atoms with Gasteiger partial charge in [-0.3, -0.25) is 4.89 Å². The van der Waals surface area contributed by atoms with Crippen molar-refractivity contribution >= 4 is 5.97 Å². The van der Waals surface area contributed by atoms with Crippen LogP contribution in [0.15, 0.2) is 11.6 Å². The predicted molar refractivity (Wildman–Crippen MR) is 32.5 cm³/mol. The normalized spacial score (nSPS) is 11.2. The van der Waals surface area contributed by atoms with Crippen LogP contribution in [0.3, 0.4) is 0 Å². The van der Waals surface area contributed by atoms with Crippen molar-refractivity contribution in [3.8, 4) is 0 Å². The molecule has 0 unspecified atom stereocenters. The molecule has 0 heterocycles. The lowest BCUT2D eigenvalue weighted by Crippen LogP contribution is -2.03. The molecule has 0 radical (unpaired) electrons. The highest BCUT2D eigenvalue weighted by atomic mass is 17.2. The first-order valence-electron chi connectivity index (χ1n) is 2.60. The summed E-state index contributed by atoms with van der Waals surface area (Å²) in [7, 11) is 1.29. The molecule has 0 aliphatic rings. The van der Waals surface area contributed by atoms with Gasteiger partial charge in [0.2, 0.25) is 0 Å². The van der Waals surface area contributed by atoms with E-state index in [4.69, 9.17) is 0 Å². The number of hydrogen-bond donors (Lipinski definition) is 0. The molecular weight excluding hydrogens is 120 g/mol. The van der Waals surface area contributed by atoms with E-state index in [9.17, 15) is 4.79 Å². The van der Waals surface area contributed by atoms with E-state index in [1.54, 1.807) is 19.9 Å². The minimum Gasteiger partial charge on any atom is -0.294 e. The zero-order valence-corrected chi connectivity index (χ0v) is 5.80. The SMILES string of the molecule is CC=C(C)C(=O)OOC. The standard InChI is InChI=1S/C6H10O3/c1-4-5(2)6(7)9-8-3/h4H,1-3H3. The monoisotopic (exact) mass is 130 g/mol. The number of carbonyl (C=O) groups excluding carboxylic acids is 1. The highest BCUT2D eigenvalue weighted by molar-refractivity contribution is 5.87. The summed E-state index contributed by atoms with van der Waals surface area (Å²) in [5.74, 6) is -0.444. The van der Waals surface area contributed by atoms with Crippen molar-refractivity contribution in [2.45, 2.75) is 13.8 Å². The van der Waals surface area contributed by atoms with E-state index in [-0.39, 0.29) is 0 Å². The molecule has 3 nitrogen and oxygen atoms in total. The fourth-order valence-corrected chi connectivity index (χ4v) is 0.259. The van der Waals surface area contributed by atoms with Gasteiger partial charge in [-0.25, -0.2) is 4.79 Å². The first kappa shape index (κ1) is 8.17. The van der Waals surface area contributed by atoms with Gasteiger partial charge in [0.15, 0.2) is 0 Å². The second-order valence-corrected chi connectivity index (χ2v) is 1.51. The Bertz CT molecular complexity index is 126. The molecule has 0 aliphatic heterocycles. The second-order valence-electron chi connectivity index (χ2n) is 1.51. The molecule has 0 bridgehead atoms. The van der Waals surface area contributed by atoms with Crippen molar-refractivity contribution in [2.24, 2.45) is 0 Å². The molecular formula is C6H10O3. The smallest absolute Gasteiger partial charge is 0.294 e. The molecule has 0 aromatic carbocycles. The molecule has 0 atom stereocenters. The summed E-state index contributed by atoms with van der Waals surface area (Å²) in [6.07, 6.45) is 1.65. The van der Waals surface area contributed by atoms with E-state index in [0.717, 1.165) is 0 Å². The third-order valence-electron chi connectivity index (χ3n) is 0.914. The number of allylic oxidation sites excluding steroid dienone is 1. The van der Waals surface area contributed by atoms with E-state index in [1.807, 2.05) is 0 Å². The van der Waals surface area contributed by atoms with Gasteiger partial charge in [-0.2, -0.15) is 4.89 Å². The van der Waals surface area contributed by atoms with Crippen LogP contribution in [0, 0.1) is 0 Å². The molecule has 0 saturated carbocycles. The molecule has 0 amide bonds. The first-order chi connectivity index (χ1) is 4.22. The Morgan fingerprint density at radius 1 is 1.56 bits per heavy atom. The van der Waals surface area contributed by atoms with Gasteiger partial charge in [0.25, 0.3) is 0 Å². The van der Waals surface area contributed by atoms with Crippen LogP contribution >= 0.6 is 0 Å². The third-order valence-corrected chi connectivity index (χ3v) is 0.914. The quantitative estimate of drug-likeness (QED) is 0.318. The first-order valence-corrected chi connectivity index (χ1v) is 2.60. The Morgan fingerprint density at radius 3 is 2.44 bits per heavy atom. The van der Waals surface area contributed by atoms with E-state index >= 15 is 0 Å². The van der Waals surface area contributed by atoms with Crippen LogP contribution in [0.5, 0.6) is 0 Å². The van der Waals surface area contributed by atoms with Crippen molar-refractivity contribution in [1.82, 2.24) is 0 Å².